The first-order valence-electron chi connectivity index (χ1n) is 15.1. The van der Waals surface area contributed by atoms with Crippen LogP contribution in [0.25, 0.3) is 21.5 Å². The number of hydrogen-bond donors (Lipinski definition) is 3. The number of urea groups is 1. The molecule has 1 fully saturated rings. The molecule has 0 radical (unpaired) electrons. The summed E-state index contributed by atoms with van der Waals surface area (Å²) in [5.74, 6) is 3.01. The molecule has 13 heteroatoms. The van der Waals surface area contributed by atoms with Crippen molar-refractivity contribution in [2.75, 3.05) is 37.8 Å². The molecular weight excluding hydrogens is 604 g/mol. The molecule has 3 N–H and O–H groups in total. The number of amides is 3. The number of likely N-dealkylation sites (N-methyl/N-ethyl adjacent to an activating group) is 1. The number of likely N-dealkylation sites (tertiary alicyclic amines) is 1. The number of benzene rings is 1. The summed E-state index contributed by atoms with van der Waals surface area (Å²) in [6, 6.07) is 10.6. The zero-order valence-electron chi connectivity index (χ0n) is 27.0. The number of carbonyl (C=O) groups is 2. The molecular formula is C33H38N8O4S. The van der Waals surface area contributed by atoms with Crippen molar-refractivity contribution in [1.29, 1.82) is 0 Å². The van der Waals surface area contributed by atoms with Crippen molar-refractivity contribution in [3.63, 3.8) is 0 Å². The van der Waals surface area contributed by atoms with E-state index in [0.717, 1.165) is 35.6 Å². The Morgan fingerprint density at radius 3 is 2.54 bits per heavy atom. The van der Waals surface area contributed by atoms with Gasteiger partial charge in [-0.2, -0.15) is 0 Å². The fourth-order valence-electron chi connectivity index (χ4n) is 5.43. The number of aryl methyl sites for hydroxylation is 2. The molecule has 0 saturated carbocycles. The normalized spacial score (nSPS) is 15.1. The van der Waals surface area contributed by atoms with Crippen LogP contribution >= 0.6 is 11.3 Å². The Morgan fingerprint density at radius 2 is 1.89 bits per heavy atom. The first-order chi connectivity index (χ1) is 21.9. The lowest BCUT2D eigenvalue weighted by atomic mass is 9.96. The first kappa shape index (κ1) is 31.2. The maximum atomic E-state index is 13.2. The number of thiophene rings is 1. The average Bonchev–Trinajstić information content (AvgIpc) is 3.80. The summed E-state index contributed by atoms with van der Waals surface area (Å²) < 4.78 is 12.4. The standard InChI is InChI=1S/C33H38N8O4S/c1-18-26(19(2)45-39-18)27-29(37-31(36-27)33(3,4)5)38-32(43)35-20-8-10-22(11-9-20)44-24-12-14-34-23-16-25(46-28(23)24)30(42)41-15-13-21(17-41)40(6)7/h8-12,14,16,21H,13,15,17H2,1-7H3,(H,36,37)(H2,35,38,43). The monoisotopic (exact) mass is 642 g/mol. The number of carbonyl (C=O) groups excluding carboxylic acids is 2. The van der Waals surface area contributed by atoms with E-state index in [1.54, 1.807) is 36.5 Å². The number of aromatic nitrogens is 4. The van der Waals surface area contributed by atoms with E-state index >= 15 is 0 Å². The Kier molecular flexibility index (Phi) is 8.30. The lowest BCUT2D eigenvalue weighted by Crippen LogP contribution is -2.34. The van der Waals surface area contributed by atoms with Gasteiger partial charge in [-0.3, -0.25) is 15.1 Å². The van der Waals surface area contributed by atoms with Gasteiger partial charge < -0.3 is 29.4 Å². The molecule has 46 heavy (non-hydrogen) atoms. The summed E-state index contributed by atoms with van der Waals surface area (Å²) in [5.41, 5.74) is 3.01. The van der Waals surface area contributed by atoms with Gasteiger partial charge in [0.1, 0.15) is 34.6 Å². The van der Waals surface area contributed by atoms with Gasteiger partial charge in [0.15, 0.2) is 0 Å². The third kappa shape index (κ3) is 6.33. The van der Waals surface area contributed by atoms with Crippen molar-refractivity contribution in [1.82, 2.24) is 29.9 Å². The van der Waals surface area contributed by atoms with Gasteiger partial charge in [0.05, 0.1) is 26.4 Å². The highest BCUT2D eigenvalue weighted by Gasteiger charge is 2.30. The molecule has 0 aliphatic carbocycles. The van der Waals surface area contributed by atoms with Crippen LogP contribution in [0.15, 0.2) is 47.1 Å². The predicted octanol–water partition coefficient (Wildman–Crippen LogP) is 6.80. The first-order valence-corrected chi connectivity index (χ1v) is 15.9. The number of H-pyrrole nitrogens is 1. The van der Waals surface area contributed by atoms with Crippen LogP contribution < -0.4 is 15.4 Å². The van der Waals surface area contributed by atoms with E-state index < -0.39 is 6.03 Å². The van der Waals surface area contributed by atoms with Crippen molar-refractivity contribution in [3.8, 4) is 22.8 Å². The lowest BCUT2D eigenvalue weighted by molar-refractivity contribution is 0.0788. The molecule has 1 saturated heterocycles. The van der Waals surface area contributed by atoms with Crippen LogP contribution in [-0.2, 0) is 5.41 Å². The number of hydrogen-bond acceptors (Lipinski definition) is 9. The molecule has 5 aromatic rings. The Hall–Kier alpha value is -4.75. The van der Waals surface area contributed by atoms with E-state index in [2.05, 4.69) is 30.7 Å². The van der Waals surface area contributed by atoms with E-state index in [1.165, 1.54) is 11.3 Å². The summed E-state index contributed by atoms with van der Waals surface area (Å²) in [6.45, 7) is 11.2. The SMILES string of the molecule is Cc1noc(C)c1-c1nc(C(C)(C)C)[nH]c1NC(=O)Nc1ccc(Oc2ccnc3cc(C(=O)N4CCC(N(C)C)C4)sc23)cc1. The Balaban J connectivity index is 1.14. The van der Waals surface area contributed by atoms with Crippen LogP contribution in [0, 0.1) is 13.8 Å². The van der Waals surface area contributed by atoms with Crippen molar-refractivity contribution < 1.29 is 18.8 Å². The molecule has 1 unspecified atom stereocenters. The van der Waals surface area contributed by atoms with Gasteiger partial charge in [-0.05, 0) is 64.7 Å². The van der Waals surface area contributed by atoms with Crippen molar-refractivity contribution in [2.45, 2.75) is 52.5 Å². The maximum absolute atomic E-state index is 13.2. The van der Waals surface area contributed by atoms with Crippen molar-refractivity contribution >= 4 is 45.0 Å². The highest BCUT2D eigenvalue weighted by Crippen LogP contribution is 2.37. The summed E-state index contributed by atoms with van der Waals surface area (Å²) in [4.78, 5) is 43.5. The number of fused-ring (bicyclic) bond motifs is 1. The highest BCUT2D eigenvalue weighted by molar-refractivity contribution is 7.21. The number of aromatic amines is 1. The van der Waals surface area contributed by atoms with Crippen LogP contribution in [0.2, 0.25) is 0 Å². The van der Waals surface area contributed by atoms with Crippen molar-refractivity contribution in [2.24, 2.45) is 0 Å². The topological polar surface area (TPSA) is 142 Å². The van der Waals surface area contributed by atoms with E-state index in [1.807, 2.05) is 59.7 Å². The average molecular weight is 643 g/mol. The van der Waals surface area contributed by atoms with Gasteiger partial charge in [-0.1, -0.05) is 25.9 Å². The Labute approximate surface area is 271 Å². The minimum absolute atomic E-state index is 0.0237. The Bertz CT molecular complexity index is 1880. The van der Waals surface area contributed by atoms with Gasteiger partial charge in [0.25, 0.3) is 5.91 Å². The number of ether oxygens (including phenoxy) is 1. The molecule has 3 amide bonds. The zero-order chi connectivity index (χ0) is 32.7. The maximum Gasteiger partial charge on any atom is 0.324 e. The predicted molar refractivity (Wildman–Crippen MR) is 179 cm³/mol. The van der Waals surface area contributed by atoms with Gasteiger partial charge in [0.2, 0.25) is 0 Å². The van der Waals surface area contributed by atoms with Gasteiger partial charge in [-0.25, -0.2) is 9.78 Å². The quantitative estimate of drug-likeness (QED) is 0.176. The fourth-order valence-corrected chi connectivity index (χ4v) is 6.47. The molecule has 5 heterocycles. The molecule has 12 nitrogen and oxygen atoms in total. The van der Waals surface area contributed by atoms with Crippen LogP contribution in [0.4, 0.5) is 16.3 Å². The molecule has 240 valence electrons. The van der Waals surface area contributed by atoms with E-state index in [4.69, 9.17) is 14.2 Å². The van der Waals surface area contributed by atoms with Crippen LogP contribution in [0.3, 0.4) is 0 Å². The largest absolute Gasteiger partial charge is 0.456 e. The van der Waals surface area contributed by atoms with E-state index in [0.29, 0.717) is 56.6 Å². The van der Waals surface area contributed by atoms with Gasteiger partial charge in [-0.15, -0.1) is 11.3 Å². The van der Waals surface area contributed by atoms with Gasteiger partial charge >= 0.3 is 6.03 Å². The minimum Gasteiger partial charge on any atom is -0.456 e. The third-order valence-corrected chi connectivity index (χ3v) is 9.16. The summed E-state index contributed by atoms with van der Waals surface area (Å²) in [5, 5.41) is 9.82. The highest BCUT2D eigenvalue weighted by atomic mass is 32.1. The summed E-state index contributed by atoms with van der Waals surface area (Å²) >= 11 is 1.39. The van der Waals surface area contributed by atoms with Gasteiger partial charge in [0, 0.05) is 42.5 Å². The number of imidazole rings is 1. The molecule has 0 bridgehead atoms. The van der Waals surface area contributed by atoms with Crippen LogP contribution in [-0.4, -0.2) is 75.1 Å². The van der Waals surface area contributed by atoms with E-state index in [-0.39, 0.29) is 11.3 Å². The summed E-state index contributed by atoms with van der Waals surface area (Å²) in [6.07, 6.45) is 2.64. The van der Waals surface area contributed by atoms with Crippen molar-refractivity contribution in [3.05, 3.63) is 64.8 Å². The minimum atomic E-state index is -0.438. The number of nitrogens with one attached hydrogen (secondary N) is 3. The molecule has 1 aliphatic rings. The lowest BCUT2D eigenvalue weighted by Gasteiger charge is -2.19. The zero-order valence-corrected chi connectivity index (χ0v) is 27.8. The number of nitrogens with zero attached hydrogens (tertiary/aromatic N) is 5. The smallest absolute Gasteiger partial charge is 0.324 e. The molecule has 1 atom stereocenters. The Morgan fingerprint density at radius 1 is 1.13 bits per heavy atom. The second kappa shape index (κ2) is 12.2. The van der Waals surface area contributed by atoms with E-state index in [9.17, 15) is 9.59 Å². The molecule has 1 aromatic carbocycles. The van der Waals surface area contributed by atoms with Crippen LogP contribution in [0.5, 0.6) is 11.5 Å². The van der Waals surface area contributed by atoms with Crippen LogP contribution in [0.1, 0.15) is 54.1 Å². The summed E-state index contributed by atoms with van der Waals surface area (Å²) in [7, 11) is 4.09. The molecule has 6 rings (SSSR count). The molecule has 1 aliphatic heterocycles. The second-order valence-electron chi connectivity index (χ2n) is 12.8. The number of rotatable bonds is 7. The number of pyridine rings is 1. The second-order valence-corrected chi connectivity index (χ2v) is 13.8. The molecule has 4 aromatic heterocycles. The number of anilines is 2. The third-order valence-electron chi connectivity index (χ3n) is 8.03. The molecule has 0 spiro atoms. The fraction of sp³-hybridized carbons (Fsp3) is 0.364.